The molecule has 2 aromatic rings. The Balaban J connectivity index is 0.000000211. The molecular formula is C30H42N2O6. The topological polar surface area (TPSA) is 122 Å². The lowest BCUT2D eigenvalue weighted by Crippen LogP contribution is -2.44. The van der Waals surface area contributed by atoms with Crippen molar-refractivity contribution in [1.82, 2.24) is 9.80 Å². The van der Waals surface area contributed by atoms with E-state index < -0.39 is 23.4 Å². The summed E-state index contributed by atoms with van der Waals surface area (Å²) in [6.45, 7) is 4.49. The molecule has 0 atom stereocenters. The molecule has 4 rings (SSSR count). The molecule has 0 radical (unpaired) electrons. The van der Waals surface area contributed by atoms with Gasteiger partial charge in [-0.2, -0.15) is 0 Å². The minimum Gasteiger partial charge on any atom is -0.465 e. The summed E-state index contributed by atoms with van der Waals surface area (Å²) < 4.78 is 0. The van der Waals surface area contributed by atoms with Crippen LogP contribution in [0.1, 0.15) is 76.3 Å². The van der Waals surface area contributed by atoms with Gasteiger partial charge in [-0.25, -0.2) is 9.59 Å². The van der Waals surface area contributed by atoms with Crippen LogP contribution < -0.4 is 0 Å². The van der Waals surface area contributed by atoms with E-state index in [1.807, 2.05) is 74.5 Å². The third-order valence-corrected chi connectivity index (χ3v) is 7.83. The van der Waals surface area contributed by atoms with Crippen LogP contribution in [0.3, 0.4) is 0 Å². The normalized spacial score (nSPS) is 26.9. The Hall–Kier alpha value is -3.10. The summed E-state index contributed by atoms with van der Waals surface area (Å²) in [5.41, 5.74) is 0.741. The average Bonchev–Trinajstić information content (AvgIpc) is 2.88. The number of benzene rings is 2. The van der Waals surface area contributed by atoms with Crippen LogP contribution in [-0.4, -0.2) is 65.7 Å². The summed E-state index contributed by atoms with van der Waals surface area (Å²) in [6.07, 6.45) is 3.81. The summed E-state index contributed by atoms with van der Waals surface area (Å²) in [6, 6.07) is 19.3. The summed E-state index contributed by atoms with van der Waals surface area (Å²) in [5.74, 6) is 0. The van der Waals surface area contributed by atoms with Crippen LogP contribution in [0, 0.1) is 0 Å². The van der Waals surface area contributed by atoms with Crippen LogP contribution in [-0.2, 0) is 13.1 Å². The molecular weight excluding hydrogens is 484 g/mol. The summed E-state index contributed by atoms with van der Waals surface area (Å²) in [4.78, 5) is 25.9. The first-order chi connectivity index (χ1) is 18.0. The fourth-order valence-corrected chi connectivity index (χ4v) is 5.34. The van der Waals surface area contributed by atoms with Crippen molar-refractivity contribution in [3.8, 4) is 0 Å². The molecule has 2 saturated carbocycles. The molecule has 0 spiro atoms. The minimum absolute atomic E-state index is 0.0120. The van der Waals surface area contributed by atoms with E-state index in [0.29, 0.717) is 38.8 Å². The van der Waals surface area contributed by atoms with Crippen molar-refractivity contribution in [2.75, 3.05) is 0 Å². The number of carboxylic acid groups (broad SMARTS) is 2. The Bertz CT molecular complexity index is 924. The highest BCUT2D eigenvalue weighted by Crippen LogP contribution is 2.32. The maximum Gasteiger partial charge on any atom is 0.407 e. The second-order valence-corrected chi connectivity index (χ2v) is 11.2. The monoisotopic (exact) mass is 526 g/mol. The van der Waals surface area contributed by atoms with Gasteiger partial charge in [0.1, 0.15) is 0 Å². The molecule has 2 amide bonds. The molecule has 2 aromatic carbocycles. The van der Waals surface area contributed by atoms with Crippen LogP contribution in [0.15, 0.2) is 60.7 Å². The van der Waals surface area contributed by atoms with Crippen molar-refractivity contribution >= 4 is 12.2 Å². The van der Waals surface area contributed by atoms with Gasteiger partial charge in [0.25, 0.3) is 0 Å². The molecule has 0 aromatic heterocycles. The van der Waals surface area contributed by atoms with Crippen LogP contribution in [0.4, 0.5) is 9.59 Å². The SMILES string of the molecule is C[C@]1(O)CC[C@@H](N(Cc2ccccc2)C(=O)O)CC1.C[C@]1(O)CC[C@H](N(Cc2ccccc2)C(=O)O)CC1. The van der Waals surface area contributed by atoms with Gasteiger partial charge in [-0.05, 0) is 76.3 Å². The Morgan fingerprint density at radius 2 is 0.947 bits per heavy atom. The van der Waals surface area contributed by atoms with E-state index in [2.05, 4.69) is 0 Å². The molecule has 4 N–H and O–H groups in total. The predicted octanol–water partition coefficient (Wildman–Crippen LogP) is 5.72. The fourth-order valence-electron chi connectivity index (χ4n) is 5.34. The third kappa shape index (κ3) is 9.03. The smallest absolute Gasteiger partial charge is 0.407 e. The van der Waals surface area contributed by atoms with Gasteiger partial charge >= 0.3 is 12.2 Å². The maximum atomic E-state index is 11.4. The summed E-state index contributed by atoms with van der Waals surface area (Å²) in [7, 11) is 0. The molecule has 0 aliphatic heterocycles. The van der Waals surface area contributed by atoms with Gasteiger partial charge in [0.2, 0.25) is 0 Å². The van der Waals surface area contributed by atoms with Crippen molar-refractivity contribution in [3.05, 3.63) is 71.8 Å². The van der Waals surface area contributed by atoms with E-state index in [-0.39, 0.29) is 12.1 Å². The number of rotatable bonds is 6. The quantitative estimate of drug-likeness (QED) is 0.382. The van der Waals surface area contributed by atoms with Gasteiger partial charge in [-0.15, -0.1) is 0 Å². The molecule has 0 saturated heterocycles. The molecule has 8 heteroatoms. The minimum atomic E-state index is -0.879. The third-order valence-electron chi connectivity index (χ3n) is 7.83. The summed E-state index contributed by atoms with van der Waals surface area (Å²) >= 11 is 0. The van der Waals surface area contributed by atoms with Gasteiger partial charge < -0.3 is 30.2 Å². The second kappa shape index (κ2) is 13.1. The van der Waals surface area contributed by atoms with Gasteiger partial charge in [0.15, 0.2) is 0 Å². The second-order valence-electron chi connectivity index (χ2n) is 11.2. The molecule has 0 heterocycles. The number of amides is 2. The van der Waals surface area contributed by atoms with E-state index >= 15 is 0 Å². The van der Waals surface area contributed by atoms with Crippen LogP contribution in [0.25, 0.3) is 0 Å². The zero-order chi connectivity index (χ0) is 27.8. The van der Waals surface area contributed by atoms with Crippen LogP contribution in [0.5, 0.6) is 0 Å². The lowest BCUT2D eigenvalue weighted by Gasteiger charge is -2.38. The standard InChI is InChI=1S/2C15H21NO3/c2*1-15(19)9-7-13(8-10-15)16(14(17)18)11-12-5-3-2-4-6-12/h2*2-6,13,19H,7-11H2,1H3,(H,17,18)/t13-,15+;13-,15-. The van der Waals surface area contributed by atoms with Gasteiger partial charge in [-0.3, -0.25) is 0 Å². The highest BCUT2D eigenvalue weighted by Gasteiger charge is 2.34. The van der Waals surface area contributed by atoms with Crippen molar-refractivity contribution in [2.24, 2.45) is 0 Å². The average molecular weight is 527 g/mol. The largest absolute Gasteiger partial charge is 0.465 e. The Labute approximate surface area is 225 Å². The van der Waals surface area contributed by atoms with E-state index in [0.717, 1.165) is 36.8 Å². The van der Waals surface area contributed by atoms with Crippen molar-refractivity contribution in [1.29, 1.82) is 0 Å². The highest BCUT2D eigenvalue weighted by molar-refractivity contribution is 5.66. The Morgan fingerprint density at radius 1 is 0.658 bits per heavy atom. The molecule has 8 nitrogen and oxygen atoms in total. The Morgan fingerprint density at radius 3 is 1.21 bits per heavy atom. The number of carbonyl (C=O) groups is 2. The lowest BCUT2D eigenvalue weighted by molar-refractivity contribution is -0.00444. The summed E-state index contributed by atoms with van der Waals surface area (Å²) in [5, 5.41) is 38.6. The van der Waals surface area contributed by atoms with Crippen LogP contribution >= 0.6 is 0 Å². The first-order valence-corrected chi connectivity index (χ1v) is 13.5. The first-order valence-electron chi connectivity index (χ1n) is 13.5. The number of nitrogens with zero attached hydrogens (tertiary/aromatic N) is 2. The van der Waals surface area contributed by atoms with E-state index in [1.54, 1.807) is 0 Å². The lowest BCUT2D eigenvalue weighted by atomic mass is 9.83. The van der Waals surface area contributed by atoms with Gasteiger partial charge in [0.05, 0.1) is 11.2 Å². The zero-order valence-electron chi connectivity index (χ0n) is 22.5. The van der Waals surface area contributed by atoms with E-state index in [9.17, 15) is 30.0 Å². The molecule has 208 valence electrons. The van der Waals surface area contributed by atoms with E-state index in [4.69, 9.17) is 0 Å². The number of hydrogen-bond donors (Lipinski definition) is 4. The van der Waals surface area contributed by atoms with E-state index in [1.165, 1.54) is 9.80 Å². The number of hydrogen-bond acceptors (Lipinski definition) is 4. The van der Waals surface area contributed by atoms with Crippen molar-refractivity contribution < 1.29 is 30.0 Å². The van der Waals surface area contributed by atoms with Crippen molar-refractivity contribution in [3.63, 3.8) is 0 Å². The molecule has 2 aliphatic rings. The Kier molecular flexibility index (Phi) is 10.2. The van der Waals surface area contributed by atoms with Gasteiger partial charge in [-0.1, -0.05) is 60.7 Å². The zero-order valence-corrected chi connectivity index (χ0v) is 22.5. The fraction of sp³-hybridized carbons (Fsp3) is 0.533. The molecule has 2 aliphatic carbocycles. The van der Waals surface area contributed by atoms with Gasteiger partial charge in [0, 0.05) is 25.2 Å². The predicted molar refractivity (Wildman–Crippen MR) is 146 cm³/mol. The first kappa shape index (κ1) is 29.5. The van der Waals surface area contributed by atoms with Crippen molar-refractivity contribution in [2.45, 2.75) is 102 Å². The molecule has 2 fully saturated rings. The number of aliphatic hydroxyl groups is 2. The molecule has 0 bridgehead atoms. The highest BCUT2D eigenvalue weighted by atomic mass is 16.4. The maximum absolute atomic E-state index is 11.4. The molecule has 38 heavy (non-hydrogen) atoms. The molecule has 0 unspecified atom stereocenters. The van der Waals surface area contributed by atoms with Crippen LogP contribution in [0.2, 0.25) is 0 Å².